The van der Waals surface area contributed by atoms with Crippen molar-refractivity contribution in [2.75, 3.05) is 18.8 Å². The molecule has 0 radical (unpaired) electrons. The molecule has 0 amide bonds. The van der Waals surface area contributed by atoms with E-state index in [-0.39, 0.29) is 17.1 Å². The van der Waals surface area contributed by atoms with Crippen molar-refractivity contribution in [1.29, 1.82) is 0 Å². The number of sulfonamides is 1. The van der Waals surface area contributed by atoms with Crippen LogP contribution in [0.15, 0.2) is 35.2 Å². The Hall–Kier alpha value is -1.40. The average molecular weight is 256 g/mol. The summed E-state index contributed by atoms with van der Waals surface area (Å²) in [5.41, 5.74) is 5.72. The summed E-state index contributed by atoms with van der Waals surface area (Å²) in [7, 11) is -3.79. The summed E-state index contributed by atoms with van der Waals surface area (Å²) in [6, 6.07) is 3.56. The second-order valence-corrected chi connectivity index (χ2v) is 5.72. The molecule has 92 valence electrons. The highest BCUT2D eigenvalue weighted by atomic mass is 32.2. The zero-order chi connectivity index (χ0) is 12.5. The van der Waals surface area contributed by atoms with Gasteiger partial charge in [-0.1, -0.05) is 12.2 Å². The smallest absolute Gasteiger partial charge is 0.246 e. The first-order valence-corrected chi connectivity index (χ1v) is 6.66. The lowest BCUT2D eigenvalue weighted by Crippen LogP contribution is -2.34. The van der Waals surface area contributed by atoms with Crippen LogP contribution in [0.1, 0.15) is 6.42 Å². The minimum absolute atomic E-state index is 0.234. The van der Waals surface area contributed by atoms with Crippen LogP contribution in [0.2, 0.25) is 0 Å². The van der Waals surface area contributed by atoms with Gasteiger partial charge in [-0.25, -0.2) is 12.8 Å². The van der Waals surface area contributed by atoms with Crippen LogP contribution in [-0.4, -0.2) is 25.8 Å². The van der Waals surface area contributed by atoms with Crippen molar-refractivity contribution >= 4 is 15.7 Å². The first-order valence-electron chi connectivity index (χ1n) is 5.22. The van der Waals surface area contributed by atoms with E-state index in [4.69, 9.17) is 5.73 Å². The first-order chi connectivity index (χ1) is 8.01. The predicted molar refractivity (Wildman–Crippen MR) is 63.3 cm³/mol. The molecule has 17 heavy (non-hydrogen) atoms. The predicted octanol–water partition coefficient (Wildman–Crippen LogP) is 1.36. The van der Waals surface area contributed by atoms with Gasteiger partial charge in [0.05, 0.1) is 0 Å². The van der Waals surface area contributed by atoms with Crippen molar-refractivity contribution in [2.45, 2.75) is 11.3 Å². The van der Waals surface area contributed by atoms with Gasteiger partial charge in [0.25, 0.3) is 0 Å². The van der Waals surface area contributed by atoms with E-state index in [1.165, 1.54) is 10.4 Å². The molecule has 0 saturated carbocycles. The number of hydrogen-bond acceptors (Lipinski definition) is 3. The molecule has 1 aromatic rings. The van der Waals surface area contributed by atoms with Gasteiger partial charge in [0.2, 0.25) is 10.0 Å². The van der Waals surface area contributed by atoms with Crippen LogP contribution >= 0.6 is 0 Å². The van der Waals surface area contributed by atoms with E-state index >= 15 is 0 Å². The molecule has 1 heterocycles. The Morgan fingerprint density at radius 3 is 2.71 bits per heavy atom. The quantitative estimate of drug-likeness (QED) is 0.642. The topological polar surface area (TPSA) is 63.4 Å². The largest absolute Gasteiger partial charge is 0.399 e. The van der Waals surface area contributed by atoms with Crippen molar-refractivity contribution < 1.29 is 12.8 Å². The Morgan fingerprint density at radius 1 is 1.29 bits per heavy atom. The Labute approximate surface area is 99.6 Å². The molecule has 0 unspecified atom stereocenters. The summed E-state index contributed by atoms with van der Waals surface area (Å²) in [6.45, 7) is 0.643. The molecule has 0 aromatic heterocycles. The van der Waals surface area contributed by atoms with Crippen molar-refractivity contribution in [1.82, 2.24) is 4.31 Å². The van der Waals surface area contributed by atoms with Crippen molar-refractivity contribution in [3.8, 4) is 0 Å². The molecule has 0 spiro atoms. The van der Waals surface area contributed by atoms with Crippen LogP contribution in [0, 0.1) is 5.82 Å². The van der Waals surface area contributed by atoms with Crippen LogP contribution in [0.3, 0.4) is 0 Å². The maximum atomic E-state index is 13.5. The lowest BCUT2D eigenvalue weighted by molar-refractivity contribution is 0.433. The van der Waals surface area contributed by atoms with Crippen molar-refractivity contribution in [3.63, 3.8) is 0 Å². The van der Waals surface area contributed by atoms with E-state index < -0.39 is 15.8 Å². The van der Waals surface area contributed by atoms with E-state index in [0.29, 0.717) is 13.0 Å². The Balaban J connectivity index is 2.44. The van der Waals surface area contributed by atoms with Gasteiger partial charge < -0.3 is 5.73 Å². The zero-order valence-corrected chi connectivity index (χ0v) is 9.95. The number of halogens is 1. The van der Waals surface area contributed by atoms with Crippen molar-refractivity contribution in [2.24, 2.45) is 0 Å². The third-order valence-corrected chi connectivity index (χ3v) is 4.47. The summed E-state index contributed by atoms with van der Waals surface area (Å²) in [5.74, 6) is -0.770. The van der Waals surface area contributed by atoms with E-state index in [2.05, 4.69) is 0 Å². The molecule has 4 nitrogen and oxygen atoms in total. The average Bonchev–Trinajstić information content (AvgIpc) is 2.33. The van der Waals surface area contributed by atoms with Crippen LogP contribution in [-0.2, 0) is 10.0 Å². The molecule has 0 fully saturated rings. The maximum Gasteiger partial charge on any atom is 0.246 e. The molecular weight excluding hydrogens is 243 g/mol. The Kier molecular flexibility index (Phi) is 3.17. The van der Waals surface area contributed by atoms with Gasteiger partial charge in [-0.3, -0.25) is 0 Å². The monoisotopic (exact) mass is 256 g/mol. The van der Waals surface area contributed by atoms with Gasteiger partial charge in [0.1, 0.15) is 10.7 Å². The first kappa shape index (κ1) is 12.1. The molecular formula is C11H13FN2O2S. The SMILES string of the molecule is Nc1ccc(F)c(S(=O)(=O)N2CC=CCC2)c1. The Morgan fingerprint density at radius 2 is 2.06 bits per heavy atom. The molecule has 2 rings (SSSR count). The van der Waals surface area contributed by atoms with Gasteiger partial charge in [-0.05, 0) is 24.6 Å². The molecule has 0 saturated heterocycles. The van der Waals surface area contributed by atoms with E-state index in [1.807, 2.05) is 6.08 Å². The summed E-state index contributed by atoms with van der Waals surface area (Å²) in [6.07, 6.45) is 4.30. The summed E-state index contributed by atoms with van der Waals surface area (Å²) in [4.78, 5) is -0.354. The third-order valence-electron chi connectivity index (χ3n) is 2.59. The zero-order valence-electron chi connectivity index (χ0n) is 9.14. The number of nitrogen functional groups attached to an aromatic ring is 1. The number of benzene rings is 1. The molecule has 6 heteroatoms. The number of nitrogens with zero attached hydrogens (tertiary/aromatic N) is 1. The van der Waals surface area contributed by atoms with E-state index in [9.17, 15) is 12.8 Å². The molecule has 0 atom stereocenters. The lowest BCUT2D eigenvalue weighted by atomic mass is 10.3. The normalized spacial score (nSPS) is 17.2. The molecule has 1 aliphatic rings. The summed E-state index contributed by atoms with van der Waals surface area (Å²) >= 11 is 0. The highest BCUT2D eigenvalue weighted by Gasteiger charge is 2.27. The van der Waals surface area contributed by atoms with Gasteiger partial charge in [0.15, 0.2) is 0 Å². The van der Waals surface area contributed by atoms with Crippen LogP contribution in [0.4, 0.5) is 10.1 Å². The standard InChI is InChI=1S/C11H13FN2O2S/c12-10-5-4-9(13)8-11(10)17(15,16)14-6-2-1-3-7-14/h1-2,4-5,8H,3,6-7,13H2. The van der Waals surface area contributed by atoms with Crippen LogP contribution in [0.5, 0.6) is 0 Å². The maximum absolute atomic E-state index is 13.5. The van der Waals surface area contributed by atoms with Crippen LogP contribution < -0.4 is 5.73 Å². The highest BCUT2D eigenvalue weighted by Crippen LogP contribution is 2.22. The molecule has 1 aromatic carbocycles. The fraction of sp³-hybridized carbons (Fsp3) is 0.273. The molecule has 0 bridgehead atoms. The third kappa shape index (κ3) is 2.32. The summed E-state index contributed by atoms with van der Waals surface area (Å²) < 4.78 is 39.1. The second kappa shape index (κ2) is 4.46. The van der Waals surface area contributed by atoms with E-state index in [1.54, 1.807) is 6.08 Å². The Bertz CT molecular complexity index is 555. The molecule has 1 aliphatic heterocycles. The van der Waals surface area contributed by atoms with Gasteiger partial charge >= 0.3 is 0 Å². The van der Waals surface area contributed by atoms with Gasteiger partial charge in [-0.2, -0.15) is 4.31 Å². The molecule has 0 aliphatic carbocycles. The highest BCUT2D eigenvalue weighted by molar-refractivity contribution is 7.89. The number of rotatable bonds is 2. The fourth-order valence-corrected chi connectivity index (χ4v) is 3.20. The van der Waals surface area contributed by atoms with Crippen LogP contribution in [0.25, 0.3) is 0 Å². The number of hydrogen-bond donors (Lipinski definition) is 1. The lowest BCUT2D eigenvalue weighted by Gasteiger charge is -2.23. The van der Waals surface area contributed by atoms with Gasteiger partial charge in [0, 0.05) is 18.8 Å². The van der Waals surface area contributed by atoms with Crippen molar-refractivity contribution in [3.05, 3.63) is 36.2 Å². The molecule has 2 N–H and O–H groups in total. The summed E-state index contributed by atoms with van der Waals surface area (Å²) in [5, 5.41) is 0. The minimum Gasteiger partial charge on any atom is -0.399 e. The van der Waals surface area contributed by atoms with E-state index in [0.717, 1.165) is 12.1 Å². The fourth-order valence-electron chi connectivity index (χ4n) is 1.69. The second-order valence-electron chi connectivity index (χ2n) is 3.81. The van der Waals surface area contributed by atoms with Gasteiger partial charge in [-0.15, -0.1) is 0 Å². The number of nitrogens with two attached hydrogens (primary N) is 1. The number of anilines is 1. The minimum atomic E-state index is -3.79.